The van der Waals surface area contributed by atoms with E-state index in [4.69, 9.17) is 10.2 Å². The molecular formula is C18H26N2O. The number of nitrogens with zero attached hydrogens (tertiary/aromatic N) is 1. The van der Waals surface area contributed by atoms with Gasteiger partial charge in [0, 0.05) is 12.6 Å². The molecule has 1 unspecified atom stereocenters. The van der Waals surface area contributed by atoms with Crippen molar-refractivity contribution in [1.82, 2.24) is 4.90 Å². The van der Waals surface area contributed by atoms with E-state index in [1.807, 2.05) is 12.1 Å². The first-order valence-electron chi connectivity index (χ1n) is 7.67. The number of aryl methyl sites for hydroxylation is 2. The second-order valence-electron chi connectivity index (χ2n) is 5.76. The second-order valence-corrected chi connectivity index (χ2v) is 5.76. The van der Waals surface area contributed by atoms with E-state index in [1.165, 1.54) is 16.7 Å². The molecule has 2 N–H and O–H groups in total. The first kappa shape index (κ1) is 15.8. The van der Waals surface area contributed by atoms with E-state index < -0.39 is 0 Å². The van der Waals surface area contributed by atoms with Crippen LogP contribution in [-0.2, 0) is 6.54 Å². The molecule has 0 aliphatic carbocycles. The molecule has 0 saturated carbocycles. The lowest BCUT2D eigenvalue weighted by Crippen LogP contribution is -2.27. The Morgan fingerprint density at radius 2 is 1.90 bits per heavy atom. The molecule has 21 heavy (non-hydrogen) atoms. The molecule has 0 bridgehead atoms. The van der Waals surface area contributed by atoms with Crippen LogP contribution in [0.2, 0.25) is 0 Å². The number of hydrogen-bond acceptors (Lipinski definition) is 3. The summed E-state index contributed by atoms with van der Waals surface area (Å²) in [5.74, 6) is 1.01. The maximum atomic E-state index is 6.36. The van der Waals surface area contributed by atoms with E-state index in [2.05, 4.69) is 43.9 Å². The third-order valence-electron chi connectivity index (χ3n) is 3.84. The van der Waals surface area contributed by atoms with E-state index in [0.717, 1.165) is 31.8 Å². The lowest BCUT2D eigenvalue weighted by atomic mass is 9.99. The van der Waals surface area contributed by atoms with Crippen LogP contribution in [0.3, 0.4) is 0 Å². The van der Waals surface area contributed by atoms with Gasteiger partial charge in [-0.05, 0) is 44.5 Å². The van der Waals surface area contributed by atoms with Gasteiger partial charge in [0.05, 0.1) is 12.8 Å². The summed E-state index contributed by atoms with van der Waals surface area (Å²) in [5.41, 5.74) is 10.2. The Morgan fingerprint density at radius 3 is 2.48 bits per heavy atom. The van der Waals surface area contributed by atoms with Gasteiger partial charge < -0.3 is 10.2 Å². The largest absolute Gasteiger partial charge is 0.468 e. The van der Waals surface area contributed by atoms with Gasteiger partial charge in [-0.3, -0.25) is 4.90 Å². The summed E-state index contributed by atoms with van der Waals surface area (Å²) in [6.45, 7) is 9.25. The zero-order valence-electron chi connectivity index (χ0n) is 13.3. The normalized spacial score (nSPS) is 12.8. The van der Waals surface area contributed by atoms with Crippen molar-refractivity contribution in [1.29, 1.82) is 0 Å². The van der Waals surface area contributed by atoms with Crippen molar-refractivity contribution in [2.24, 2.45) is 5.73 Å². The van der Waals surface area contributed by atoms with E-state index in [-0.39, 0.29) is 6.04 Å². The number of rotatable bonds is 7. The monoisotopic (exact) mass is 286 g/mol. The molecule has 0 radical (unpaired) electrons. The molecule has 2 aromatic rings. The summed E-state index contributed by atoms with van der Waals surface area (Å²) < 4.78 is 5.42. The lowest BCUT2D eigenvalue weighted by molar-refractivity contribution is 0.246. The average Bonchev–Trinajstić information content (AvgIpc) is 2.94. The van der Waals surface area contributed by atoms with Crippen LogP contribution in [0.1, 0.15) is 41.8 Å². The highest BCUT2D eigenvalue weighted by Gasteiger charge is 2.11. The average molecular weight is 286 g/mol. The van der Waals surface area contributed by atoms with Crippen LogP contribution < -0.4 is 5.73 Å². The van der Waals surface area contributed by atoms with Crippen LogP contribution in [0, 0.1) is 13.8 Å². The van der Waals surface area contributed by atoms with Crippen LogP contribution in [-0.4, -0.2) is 18.0 Å². The number of hydrogen-bond donors (Lipinski definition) is 1. The van der Waals surface area contributed by atoms with Crippen molar-refractivity contribution in [2.75, 3.05) is 13.1 Å². The Hall–Kier alpha value is -1.58. The molecule has 0 aliphatic heterocycles. The number of nitrogens with two attached hydrogens (primary N) is 1. The zero-order valence-corrected chi connectivity index (χ0v) is 13.3. The van der Waals surface area contributed by atoms with Gasteiger partial charge in [0.2, 0.25) is 0 Å². The maximum absolute atomic E-state index is 6.36. The molecule has 114 valence electrons. The van der Waals surface area contributed by atoms with E-state index in [1.54, 1.807) is 6.26 Å². The van der Waals surface area contributed by atoms with Crippen LogP contribution in [0.15, 0.2) is 41.0 Å². The van der Waals surface area contributed by atoms with Crippen LogP contribution in [0.25, 0.3) is 0 Å². The topological polar surface area (TPSA) is 42.4 Å². The summed E-state index contributed by atoms with van der Waals surface area (Å²) in [4.78, 5) is 2.36. The molecule has 3 heteroatoms. The molecule has 1 heterocycles. The highest BCUT2D eigenvalue weighted by molar-refractivity contribution is 5.30. The minimum Gasteiger partial charge on any atom is -0.468 e. The smallest absolute Gasteiger partial charge is 0.117 e. The van der Waals surface area contributed by atoms with Crippen molar-refractivity contribution >= 4 is 0 Å². The highest BCUT2D eigenvalue weighted by atomic mass is 16.3. The third-order valence-corrected chi connectivity index (χ3v) is 3.84. The molecule has 0 aliphatic rings. The Labute approximate surface area is 127 Å². The molecular weight excluding hydrogens is 260 g/mol. The summed E-state index contributed by atoms with van der Waals surface area (Å²) in [6.07, 6.45) is 2.68. The summed E-state index contributed by atoms with van der Waals surface area (Å²) >= 11 is 0. The van der Waals surface area contributed by atoms with Gasteiger partial charge in [0.15, 0.2) is 0 Å². The molecule has 3 nitrogen and oxygen atoms in total. The second kappa shape index (κ2) is 7.43. The molecule has 0 fully saturated rings. The fourth-order valence-electron chi connectivity index (χ4n) is 2.68. The zero-order chi connectivity index (χ0) is 15.2. The van der Waals surface area contributed by atoms with Crippen molar-refractivity contribution in [2.45, 2.75) is 39.8 Å². The number of benzene rings is 1. The molecule has 2 rings (SSSR count). The first-order valence-corrected chi connectivity index (χ1v) is 7.67. The van der Waals surface area contributed by atoms with E-state index >= 15 is 0 Å². The Morgan fingerprint density at radius 1 is 1.19 bits per heavy atom. The molecule has 0 spiro atoms. The first-order chi connectivity index (χ1) is 10.1. The van der Waals surface area contributed by atoms with Gasteiger partial charge in [-0.1, -0.05) is 36.2 Å². The van der Waals surface area contributed by atoms with Gasteiger partial charge in [0.1, 0.15) is 5.76 Å². The molecule has 0 amide bonds. The molecule has 1 aromatic heterocycles. The van der Waals surface area contributed by atoms with Gasteiger partial charge in [-0.15, -0.1) is 0 Å². The van der Waals surface area contributed by atoms with Crippen molar-refractivity contribution in [3.8, 4) is 0 Å². The van der Waals surface area contributed by atoms with Crippen LogP contribution in [0.5, 0.6) is 0 Å². The van der Waals surface area contributed by atoms with Gasteiger partial charge in [0.25, 0.3) is 0 Å². The summed E-state index contributed by atoms with van der Waals surface area (Å²) in [5, 5.41) is 0. The van der Waals surface area contributed by atoms with Crippen molar-refractivity contribution in [3.63, 3.8) is 0 Å². The minimum atomic E-state index is 0.0919. The van der Waals surface area contributed by atoms with Crippen molar-refractivity contribution in [3.05, 3.63) is 59.0 Å². The number of furan rings is 1. The Kier molecular flexibility index (Phi) is 5.59. The fourth-order valence-corrected chi connectivity index (χ4v) is 2.68. The Balaban J connectivity index is 1.91. The fraction of sp³-hybridized carbons (Fsp3) is 0.444. The maximum Gasteiger partial charge on any atom is 0.117 e. The third kappa shape index (κ3) is 4.73. The standard InChI is InChI=1S/C18H26N2O/c1-4-20(13-17-6-5-9-21-17)8-7-18(19)16-11-14(2)10-15(3)12-16/h5-6,9-12,18H,4,7-8,13,19H2,1-3H3. The van der Waals surface area contributed by atoms with E-state index in [9.17, 15) is 0 Å². The predicted octanol–water partition coefficient (Wildman–Crippen LogP) is 3.81. The van der Waals surface area contributed by atoms with Gasteiger partial charge >= 0.3 is 0 Å². The SMILES string of the molecule is CCN(CCC(N)c1cc(C)cc(C)c1)Cc1ccco1. The van der Waals surface area contributed by atoms with Crippen LogP contribution >= 0.6 is 0 Å². The Bertz CT molecular complexity index is 528. The molecule has 1 atom stereocenters. The predicted molar refractivity (Wildman–Crippen MR) is 87.1 cm³/mol. The minimum absolute atomic E-state index is 0.0919. The lowest BCUT2D eigenvalue weighted by Gasteiger charge is -2.22. The summed E-state index contributed by atoms with van der Waals surface area (Å²) in [7, 11) is 0. The van der Waals surface area contributed by atoms with Crippen molar-refractivity contribution < 1.29 is 4.42 Å². The van der Waals surface area contributed by atoms with E-state index in [0.29, 0.717) is 0 Å². The molecule has 1 aromatic carbocycles. The highest BCUT2D eigenvalue weighted by Crippen LogP contribution is 2.18. The van der Waals surface area contributed by atoms with Gasteiger partial charge in [-0.25, -0.2) is 0 Å². The molecule has 0 saturated heterocycles. The quantitative estimate of drug-likeness (QED) is 0.841. The van der Waals surface area contributed by atoms with Gasteiger partial charge in [-0.2, -0.15) is 0 Å². The summed E-state index contributed by atoms with van der Waals surface area (Å²) in [6, 6.07) is 10.6. The van der Waals surface area contributed by atoms with Crippen LogP contribution in [0.4, 0.5) is 0 Å².